The van der Waals surface area contributed by atoms with Gasteiger partial charge in [-0.25, -0.2) is 0 Å². The van der Waals surface area contributed by atoms with Crippen molar-refractivity contribution in [3.63, 3.8) is 0 Å². The Hall–Kier alpha value is 1.39. The van der Waals surface area contributed by atoms with E-state index in [-0.39, 0.29) is 31.0 Å². The zero-order valence-corrected chi connectivity index (χ0v) is 12.1. The van der Waals surface area contributed by atoms with E-state index in [0.717, 1.165) is 12.3 Å². The van der Waals surface area contributed by atoms with Crippen LogP contribution >= 0.6 is 0 Å². The van der Waals surface area contributed by atoms with E-state index in [2.05, 4.69) is 6.55 Å². The van der Waals surface area contributed by atoms with Crippen LogP contribution in [0, 0.1) is 0 Å². The summed E-state index contributed by atoms with van der Waals surface area (Å²) in [5.74, 6) is 0. The van der Waals surface area contributed by atoms with Crippen molar-refractivity contribution < 1.29 is 35.7 Å². The first kappa shape index (κ1) is 11.4. The molecule has 1 fully saturated rings. The van der Waals surface area contributed by atoms with E-state index in [1.165, 1.54) is 19.3 Å². The summed E-state index contributed by atoms with van der Waals surface area (Å²) in [6, 6.07) is 0. The van der Waals surface area contributed by atoms with Crippen LogP contribution in [0.15, 0.2) is 0 Å². The van der Waals surface area contributed by atoms with Crippen molar-refractivity contribution in [2.75, 3.05) is 6.61 Å². The first-order valence-corrected chi connectivity index (χ1v) is 10.3. The molecule has 0 saturated carbocycles. The van der Waals surface area contributed by atoms with Gasteiger partial charge < -0.3 is 6.16 Å². The minimum atomic E-state index is 0. The van der Waals surface area contributed by atoms with Gasteiger partial charge in [0.25, 0.3) is 0 Å². The molecule has 0 N–H and O–H groups in total. The van der Waals surface area contributed by atoms with Gasteiger partial charge in [-0.15, -0.1) is 0 Å². The number of hydrogen-bond acceptors (Lipinski definition) is 1. The monoisotopic (exact) mass is 184 g/mol. The average Bonchev–Trinajstić information content (AvgIpc) is 1.91. The van der Waals surface area contributed by atoms with Crippen LogP contribution in [0.5, 0.6) is 0 Å². The Balaban J connectivity index is 0. The van der Waals surface area contributed by atoms with Crippen molar-refractivity contribution in [2.24, 2.45) is 0 Å². The van der Waals surface area contributed by atoms with Crippen molar-refractivity contribution in [3.8, 4) is 0 Å². The minimum absolute atomic E-state index is 0. The second-order valence-corrected chi connectivity index (χ2v) is 10.00. The Kier molecular flexibility index (Phi) is 8.05. The summed E-state index contributed by atoms with van der Waals surface area (Å²) < 4.78 is 5.61. The first-order valence-electron chi connectivity index (χ1n) is 4.05. The molecule has 1 aliphatic rings. The Bertz CT molecular complexity index is 78.2. The maximum absolute atomic E-state index is 5.61. The molecule has 0 bridgehead atoms. The van der Waals surface area contributed by atoms with Crippen molar-refractivity contribution in [2.45, 2.75) is 31.5 Å². The third-order valence-corrected chi connectivity index (χ3v) is 7.41. The molecule has 0 aromatic heterocycles. The average molecular weight is 184 g/mol. The maximum Gasteiger partial charge on any atom is 1.00 e. The summed E-state index contributed by atoms with van der Waals surface area (Å²) in [6.45, 7) is 3.48. The summed E-state index contributed by atoms with van der Waals surface area (Å²) in [4.78, 5) is 0. The van der Waals surface area contributed by atoms with Gasteiger partial charge in [0.1, 0.15) is 0 Å². The number of rotatable bonds is 2. The molecule has 1 saturated heterocycles. The van der Waals surface area contributed by atoms with E-state index in [0.29, 0.717) is 18.1 Å². The Morgan fingerprint density at radius 1 is 1.50 bits per heavy atom. The van der Waals surface area contributed by atoms with E-state index in [1.54, 1.807) is 0 Å². The summed E-state index contributed by atoms with van der Waals surface area (Å²) in [5, 5.41) is 0. The Morgan fingerprint density at radius 2 is 2.30 bits per heavy atom. The van der Waals surface area contributed by atoms with E-state index in [9.17, 15) is 0 Å². The molecule has 1 atom stereocenters. The molecular formula is C6H17NaOSi2. The van der Waals surface area contributed by atoms with Crippen molar-refractivity contribution in [1.82, 2.24) is 0 Å². The number of ether oxygens (including phenoxy) is 1. The zero-order valence-electron chi connectivity index (χ0n) is 8.23. The van der Waals surface area contributed by atoms with Crippen LogP contribution in [0.1, 0.15) is 20.7 Å². The topological polar surface area (TPSA) is 9.23 Å². The molecule has 56 valence electrons. The molecule has 10 heavy (non-hydrogen) atoms. The van der Waals surface area contributed by atoms with Gasteiger partial charge in [-0.3, -0.25) is 0 Å². The predicted octanol–water partition coefficient (Wildman–Crippen LogP) is -3.07. The van der Waals surface area contributed by atoms with Crippen LogP contribution in [0.3, 0.4) is 0 Å². The molecule has 4 heteroatoms. The summed E-state index contributed by atoms with van der Waals surface area (Å²) >= 11 is 0. The van der Waals surface area contributed by atoms with Crippen LogP contribution in [0.2, 0.25) is 6.55 Å². The smallest absolute Gasteiger partial charge is 1.00 e. The van der Waals surface area contributed by atoms with Gasteiger partial charge in [-0.1, -0.05) is 6.55 Å². The van der Waals surface area contributed by atoms with Gasteiger partial charge in [-0.2, -0.15) is 0 Å². The number of hydrogen-bond donors (Lipinski definition) is 0. The fraction of sp³-hybridized carbons (Fsp3) is 1.00. The van der Waals surface area contributed by atoms with E-state index < -0.39 is 0 Å². The van der Waals surface area contributed by atoms with Crippen LogP contribution < -0.4 is 29.6 Å². The Labute approximate surface area is 91.5 Å². The van der Waals surface area contributed by atoms with E-state index >= 15 is 0 Å². The molecule has 0 aliphatic carbocycles. The summed E-state index contributed by atoms with van der Waals surface area (Å²) in [6.07, 6.45) is 4.15. The van der Waals surface area contributed by atoms with Gasteiger partial charge in [0.05, 0.1) is 0 Å². The summed E-state index contributed by atoms with van der Waals surface area (Å²) in [5.41, 5.74) is 0.801. The standard InChI is InChI=1S/C6H16OSi2.Na.H/c1-8-9-6-4-2-3-5-7-6;;/h6H,2-5,8-9H2,1H3;;/q;+1;-1. The fourth-order valence-corrected chi connectivity index (χ4v) is 6.21. The molecule has 0 aromatic rings. The van der Waals surface area contributed by atoms with Crippen LogP contribution in [0.25, 0.3) is 0 Å². The fourth-order valence-electron chi connectivity index (χ4n) is 1.36. The SMILES string of the molecule is C[SiH2][SiH2]C1CCCCO1.[H-].[Na+]. The molecule has 1 unspecified atom stereocenters. The van der Waals surface area contributed by atoms with Gasteiger partial charge in [0, 0.05) is 30.4 Å². The van der Waals surface area contributed by atoms with Crippen LogP contribution in [0.4, 0.5) is 0 Å². The van der Waals surface area contributed by atoms with E-state index in [4.69, 9.17) is 4.74 Å². The molecule has 0 aromatic carbocycles. The molecule has 1 aliphatic heterocycles. The molecule has 1 nitrogen and oxygen atoms in total. The van der Waals surface area contributed by atoms with Crippen molar-refractivity contribution >= 4 is 18.1 Å². The van der Waals surface area contributed by atoms with Gasteiger partial charge >= 0.3 is 29.6 Å². The van der Waals surface area contributed by atoms with Gasteiger partial charge in [0.15, 0.2) is 0 Å². The Morgan fingerprint density at radius 3 is 2.80 bits per heavy atom. The molecule has 0 spiro atoms. The maximum atomic E-state index is 5.61. The normalized spacial score (nSPS) is 27.9. The van der Waals surface area contributed by atoms with Gasteiger partial charge in [0.2, 0.25) is 0 Å². The third kappa shape index (κ3) is 4.31. The van der Waals surface area contributed by atoms with Crippen LogP contribution in [-0.2, 0) is 4.74 Å². The first-order chi connectivity index (χ1) is 4.43. The largest absolute Gasteiger partial charge is 1.00 e. The van der Waals surface area contributed by atoms with Crippen LogP contribution in [-0.4, -0.2) is 30.4 Å². The predicted molar refractivity (Wildman–Crippen MR) is 47.7 cm³/mol. The van der Waals surface area contributed by atoms with Crippen molar-refractivity contribution in [3.05, 3.63) is 0 Å². The molecular weight excluding hydrogens is 167 g/mol. The minimum Gasteiger partial charge on any atom is -1.00 e. The zero-order chi connectivity index (χ0) is 6.53. The second kappa shape index (κ2) is 7.07. The molecule has 0 radical (unpaired) electrons. The second-order valence-electron chi connectivity index (χ2n) is 2.78. The third-order valence-electron chi connectivity index (χ3n) is 1.88. The van der Waals surface area contributed by atoms with Crippen molar-refractivity contribution in [1.29, 1.82) is 0 Å². The van der Waals surface area contributed by atoms with Gasteiger partial charge in [-0.05, 0) is 19.3 Å². The quantitative estimate of drug-likeness (QED) is 0.414. The van der Waals surface area contributed by atoms with E-state index in [1.807, 2.05) is 0 Å². The molecule has 1 heterocycles. The molecule has 1 rings (SSSR count). The summed E-state index contributed by atoms with van der Waals surface area (Å²) in [7, 11) is 0.676. The molecule has 0 amide bonds.